The number of alkyl halides is 3. The average molecular weight is 541 g/mol. The first-order chi connectivity index (χ1) is 17.7. The lowest BCUT2D eigenvalue weighted by Crippen LogP contribution is -2.51. The van der Waals surface area contributed by atoms with E-state index in [1.54, 1.807) is 25.7 Å². The standard InChI is InChI=1S/C25H25F6N5O2/c1-24(2,3)38-23(37)35-9-12-4-5-13(10-35)20(12)32-22-33-21-16(15-6-7-17(26)19(28)18(15)27)8-14(25(29,30)31)11-36(21)34-22/h6-8,11-13,20H,4-5,9-10H2,1-3H3,(H,32,34). The molecule has 1 aliphatic carbocycles. The molecule has 1 saturated heterocycles. The molecule has 3 heterocycles. The van der Waals surface area contributed by atoms with Crippen LogP contribution < -0.4 is 5.32 Å². The van der Waals surface area contributed by atoms with Crippen molar-refractivity contribution >= 4 is 17.7 Å². The summed E-state index contributed by atoms with van der Waals surface area (Å²) in [6, 6.07) is 1.97. The summed E-state index contributed by atoms with van der Waals surface area (Å²) in [5, 5.41) is 7.32. The Bertz CT molecular complexity index is 1390. The van der Waals surface area contributed by atoms with Gasteiger partial charge in [-0.2, -0.15) is 18.2 Å². The summed E-state index contributed by atoms with van der Waals surface area (Å²) >= 11 is 0. The van der Waals surface area contributed by atoms with Crippen LogP contribution >= 0.6 is 0 Å². The number of aromatic nitrogens is 3. The Morgan fingerprint density at radius 1 is 1.03 bits per heavy atom. The molecule has 1 saturated carbocycles. The highest BCUT2D eigenvalue weighted by atomic mass is 19.4. The van der Waals surface area contributed by atoms with Gasteiger partial charge < -0.3 is 15.0 Å². The molecule has 1 aliphatic heterocycles. The van der Waals surface area contributed by atoms with Crippen LogP contribution in [0.2, 0.25) is 0 Å². The minimum absolute atomic E-state index is 0.00110. The maximum atomic E-state index is 14.6. The van der Waals surface area contributed by atoms with E-state index in [0.29, 0.717) is 31.4 Å². The van der Waals surface area contributed by atoms with E-state index in [-0.39, 0.29) is 35.0 Å². The number of halogens is 6. The molecule has 2 fully saturated rings. The highest BCUT2D eigenvalue weighted by Crippen LogP contribution is 2.40. The number of carbonyl (C=O) groups is 1. The summed E-state index contributed by atoms with van der Waals surface area (Å²) in [5.74, 6) is -4.84. The molecule has 0 radical (unpaired) electrons. The topological polar surface area (TPSA) is 71.8 Å². The number of benzene rings is 1. The van der Waals surface area contributed by atoms with Crippen LogP contribution in [-0.2, 0) is 10.9 Å². The molecule has 2 unspecified atom stereocenters. The number of carbonyl (C=O) groups excluding carboxylic acids is 1. The minimum atomic E-state index is -4.81. The Hall–Kier alpha value is -3.51. The molecular formula is C25H25F6N5O2. The Morgan fingerprint density at radius 3 is 2.29 bits per heavy atom. The van der Waals surface area contributed by atoms with E-state index < -0.39 is 46.4 Å². The fourth-order valence-electron chi connectivity index (χ4n) is 5.22. The van der Waals surface area contributed by atoms with Gasteiger partial charge in [0, 0.05) is 36.5 Å². The first kappa shape index (κ1) is 26.1. The Labute approximate surface area is 213 Å². The number of hydrogen-bond donors (Lipinski definition) is 1. The lowest BCUT2D eigenvalue weighted by molar-refractivity contribution is -0.137. The van der Waals surface area contributed by atoms with Crippen molar-refractivity contribution in [2.24, 2.45) is 11.8 Å². The summed E-state index contributed by atoms with van der Waals surface area (Å²) in [7, 11) is 0. The third-order valence-corrected chi connectivity index (χ3v) is 6.87. The van der Waals surface area contributed by atoms with Gasteiger partial charge in [0.1, 0.15) is 5.60 Å². The van der Waals surface area contributed by atoms with Gasteiger partial charge in [0.2, 0.25) is 5.95 Å². The molecule has 5 rings (SSSR count). The third-order valence-electron chi connectivity index (χ3n) is 6.87. The fourth-order valence-corrected chi connectivity index (χ4v) is 5.22. The molecule has 204 valence electrons. The van der Waals surface area contributed by atoms with Crippen LogP contribution in [-0.4, -0.2) is 50.3 Å². The van der Waals surface area contributed by atoms with Gasteiger partial charge in [-0.05, 0) is 63.6 Å². The average Bonchev–Trinajstić information content (AvgIpc) is 3.31. The molecule has 1 aromatic carbocycles. The SMILES string of the molecule is CC(C)(C)OC(=O)N1CC2CCC(C1)C2Nc1nc2c(-c3ccc(F)c(F)c3F)cc(C(F)(F)F)cn2n1. The third kappa shape index (κ3) is 4.85. The van der Waals surface area contributed by atoms with E-state index in [1.165, 1.54) is 0 Å². The van der Waals surface area contributed by atoms with E-state index in [2.05, 4.69) is 15.4 Å². The van der Waals surface area contributed by atoms with Gasteiger partial charge in [0.05, 0.1) is 5.56 Å². The van der Waals surface area contributed by atoms with Gasteiger partial charge in [-0.15, -0.1) is 5.10 Å². The largest absolute Gasteiger partial charge is 0.444 e. The molecule has 2 bridgehead atoms. The molecular weight excluding hydrogens is 516 g/mol. The van der Waals surface area contributed by atoms with Gasteiger partial charge >= 0.3 is 12.3 Å². The van der Waals surface area contributed by atoms with Gasteiger partial charge in [-0.25, -0.2) is 22.5 Å². The first-order valence-corrected chi connectivity index (χ1v) is 12.1. The minimum Gasteiger partial charge on any atom is -0.444 e. The van der Waals surface area contributed by atoms with E-state index in [4.69, 9.17) is 4.74 Å². The maximum absolute atomic E-state index is 14.6. The van der Waals surface area contributed by atoms with Crippen LogP contribution in [0.4, 0.5) is 37.1 Å². The van der Waals surface area contributed by atoms with Crippen molar-refractivity contribution in [2.75, 3.05) is 18.4 Å². The molecule has 7 nitrogen and oxygen atoms in total. The summed E-state index contributed by atoms with van der Waals surface area (Å²) in [6.07, 6.45) is -2.88. The van der Waals surface area contributed by atoms with E-state index >= 15 is 0 Å². The second-order valence-electron chi connectivity index (χ2n) is 10.7. The van der Waals surface area contributed by atoms with Gasteiger partial charge in [-0.1, -0.05) is 0 Å². The number of amides is 1. The normalized spacial score (nSPS) is 21.7. The number of piperidine rings is 1. The molecule has 13 heteroatoms. The number of nitrogens with one attached hydrogen (secondary N) is 1. The second kappa shape index (κ2) is 9.05. The Balaban J connectivity index is 1.47. The van der Waals surface area contributed by atoms with Crippen molar-refractivity contribution in [1.82, 2.24) is 19.5 Å². The molecule has 38 heavy (non-hydrogen) atoms. The smallest absolute Gasteiger partial charge is 0.417 e. The van der Waals surface area contributed by atoms with Crippen molar-refractivity contribution in [3.8, 4) is 11.1 Å². The van der Waals surface area contributed by atoms with Crippen LogP contribution in [0.5, 0.6) is 0 Å². The molecule has 2 aliphatic rings. The maximum Gasteiger partial charge on any atom is 0.417 e. The van der Waals surface area contributed by atoms with Crippen molar-refractivity contribution < 1.29 is 35.9 Å². The zero-order valence-electron chi connectivity index (χ0n) is 20.7. The zero-order chi connectivity index (χ0) is 27.6. The van der Waals surface area contributed by atoms with Crippen molar-refractivity contribution in [3.05, 3.63) is 47.4 Å². The number of anilines is 1. The summed E-state index contributed by atoms with van der Waals surface area (Å²) in [5.41, 5.74) is -2.93. The summed E-state index contributed by atoms with van der Waals surface area (Å²) < 4.78 is 89.1. The second-order valence-corrected chi connectivity index (χ2v) is 10.7. The predicted octanol–water partition coefficient (Wildman–Crippen LogP) is 5.89. The number of likely N-dealkylation sites (tertiary alicyclic amines) is 1. The number of pyridine rings is 1. The van der Waals surface area contributed by atoms with E-state index in [0.717, 1.165) is 23.4 Å². The van der Waals surface area contributed by atoms with Crippen LogP contribution in [0.15, 0.2) is 24.4 Å². The van der Waals surface area contributed by atoms with Crippen LogP contribution in [0.25, 0.3) is 16.8 Å². The highest BCUT2D eigenvalue weighted by Gasteiger charge is 2.44. The quantitative estimate of drug-likeness (QED) is 0.331. The van der Waals surface area contributed by atoms with Gasteiger partial charge in [-0.3, -0.25) is 0 Å². The van der Waals surface area contributed by atoms with Crippen LogP contribution in [0.3, 0.4) is 0 Å². The van der Waals surface area contributed by atoms with E-state index in [1.807, 2.05) is 0 Å². The molecule has 2 aromatic heterocycles. The predicted molar refractivity (Wildman–Crippen MR) is 125 cm³/mol. The first-order valence-electron chi connectivity index (χ1n) is 12.1. The lowest BCUT2D eigenvalue weighted by atomic mass is 9.92. The fraction of sp³-hybridized carbons (Fsp3) is 0.480. The number of nitrogens with zero attached hydrogens (tertiary/aromatic N) is 4. The van der Waals surface area contributed by atoms with Crippen molar-refractivity contribution in [1.29, 1.82) is 0 Å². The van der Waals surface area contributed by atoms with Gasteiger partial charge in [0.25, 0.3) is 0 Å². The Morgan fingerprint density at radius 2 is 1.68 bits per heavy atom. The monoisotopic (exact) mass is 541 g/mol. The van der Waals surface area contributed by atoms with Crippen LogP contribution in [0.1, 0.15) is 39.2 Å². The lowest BCUT2D eigenvalue weighted by Gasteiger charge is -2.38. The Kier molecular flexibility index (Phi) is 6.22. The number of rotatable bonds is 3. The van der Waals surface area contributed by atoms with E-state index in [9.17, 15) is 31.1 Å². The molecule has 3 aromatic rings. The summed E-state index contributed by atoms with van der Waals surface area (Å²) in [4.78, 5) is 18.5. The van der Waals surface area contributed by atoms with Crippen molar-refractivity contribution in [3.63, 3.8) is 0 Å². The van der Waals surface area contributed by atoms with Gasteiger partial charge in [0.15, 0.2) is 23.1 Å². The van der Waals surface area contributed by atoms with Crippen LogP contribution in [0, 0.1) is 29.3 Å². The zero-order valence-corrected chi connectivity index (χ0v) is 20.7. The summed E-state index contributed by atoms with van der Waals surface area (Å²) in [6.45, 7) is 6.22. The molecule has 1 amide bonds. The molecule has 1 N–H and O–H groups in total. The number of hydrogen-bond acceptors (Lipinski definition) is 5. The number of ether oxygens (including phenoxy) is 1. The number of fused-ring (bicyclic) bond motifs is 3. The highest BCUT2D eigenvalue weighted by molar-refractivity contribution is 5.79. The van der Waals surface area contributed by atoms with Crippen molar-refractivity contribution in [2.45, 2.75) is 51.4 Å². The molecule has 2 atom stereocenters. The molecule has 0 spiro atoms.